The molecule has 1 saturated heterocycles. The van der Waals surface area contributed by atoms with Crippen molar-refractivity contribution in [3.05, 3.63) is 83.0 Å². The molecule has 1 fully saturated rings. The van der Waals surface area contributed by atoms with Crippen molar-refractivity contribution in [1.82, 2.24) is 19.9 Å². The van der Waals surface area contributed by atoms with E-state index in [-0.39, 0.29) is 0 Å². The Bertz CT molecular complexity index is 1860. The Hall–Kier alpha value is -4.32. The fourth-order valence-electron chi connectivity index (χ4n) is 5.53. The third-order valence-corrected chi connectivity index (χ3v) is 8.60. The minimum absolute atomic E-state index is 0.541. The molecule has 0 bridgehead atoms. The fourth-order valence-corrected chi connectivity index (χ4v) is 6.10. The quantitative estimate of drug-likeness (QED) is 0.150. The molecular formula is C34H32Cl2F3N5O3. The van der Waals surface area contributed by atoms with Crippen molar-refractivity contribution < 1.29 is 27.8 Å². The molecule has 1 aliphatic heterocycles. The molecule has 3 heterocycles. The number of fused-ring (bicyclic) bond motifs is 1. The molecule has 0 spiro atoms. The predicted octanol–water partition coefficient (Wildman–Crippen LogP) is 8.80. The molecule has 0 aliphatic carbocycles. The Morgan fingerprint density at radius 2 is 1.77 bits per heavy atom. The molecule has 2 aromatic heterocycles. The SMILES string of the molecule is COc1ccc2cc(-c3nc(-c4c(Cl)cccc4Cl)[nH]c3-c3ccnc(NCCC4CCCN4C)c3)ccc2c1.O=C(O)C(F)(F)F. The molecule has 0 amide bonds. The number of nitrogens with one attached hydrogen (secondary N) is 2. The maximum atomic E-state index is 10.6. The van der Waals surface area contributed by atoms with Gasteiger partial charge in [0.15, 0.2) is 0 Å². The second-order valence-electron chi connectivity index (χ2n) is 11.1. The van der Waals surface area contributed by atoms with Gasteiger partial charge in [0, 0.05) is 29.9 Å². The van der Waals surface area contributed by atoms with Crippen LogP contribution >= 0.6 is 23.2 Å². The number of anilines is 1. The highest BCUT2D eigenvalue weighted by Crippen LogP contribution is 2.39. The Morgan fingerprint density at radius 1 is 1.06 bits per heavy atom. The second kappa shape index (κ2) is 14.6. The molecule has 0 radical (unpaired) electrons. The van der Waals surface area contributed by atoms with Crippen LogP contribution in [-0.4, -0.2) is 70.4 Å². The molecular weight excluding hydrogens is 654 g/mol. The summed E-state index contributed by atoms with van der Waals surface area (Å²) in [5, 5.41) is 13.9. The Morgan fingerprint density at radius 3 is 2.43 bits per heavy atom. The number of likely N-dealkylation sites (tertiary alicyclic amines) is 1. The van der Waals surface area contributed by atoms with Crippen LogP contribution in [0.25, 0.3) is 44.7 Å². The average Bonchev–Trinajstić information content (AvgIpc) is 3.67. The third-order valence-electron chi connectivity index (χ3n) is 7.97. The van der Waals surface area contributed by atoms with Gasteiger partial charge in [-0.1, -0.05) is 47.5 Å². The smallest absolute Gasteiger partial charge is 0.490 e. The summed E-state index contributed by atoms with van der Waals surface area (Å²) in [4.78, 5) is 24.5. The van der Waals surface area contributed by atoms with Crippen molar-refractivity contribution in [2.75, 3.05) is 32.6 Å². The molecule has 47 heavy (non-hydrogen) atoms. The van der Waals surface area contributed by atoms with Gasteiger partial charge >= 0.3 is 12.1 Å². The van der Waals surface area contributed by atoms with Crippen molar-refractivity contribution in [3.63, 3.8) is 0 Å². The first-order valence-electron chi connectivity index (χ1n) is 14.8. The Labute approximate surface area is 279 Å². The van der Waals surface area contributed by atoms with Crippen LogP contribution in [0.1, 0.15) is 19.3 Å². The highest BCUT2D eigenvalue weighted by molar-refractivity contribution is 6.39. The largest absolute Gasteiger partial charge is 0.497 e. The molecule has 0 saturated carbocycles. The lowest BCUT2D eigenvalue weighted by Crippen LogP contribution is -2.27. The van der Waals surface area contributed by atoms with Gasteiger partial charge in [0.25, 0.3) is 0 Å². The zero-order valence-corrected chi connectivity index (χ0v) is 27.0. The molecule has 5 aromatic rings. The number of methoxy groups -OCH3 is 1. The normalized spacial score (nSPS) is 14.9. The van der Waals surface area contributed by atoms with Gasteiger partial charge in [-0.15, -0.1) is 0 Å². The van der Waals surface area contributed by atoms with E-state index in [4.69, 9.17) is 42.8 Å². The van der Waals surface area contributed by atoms with E-state index < -0.39 is 12.1 Å². The number of aromatic nitrogens is 3. The molecule has 1 aliphatic rings. The number of hydrogen-bond acceptors (Lipinski definition) is 6. The maximum absolute atomic E-state index is 10.6. The number of H-pyrrole nitrogens is 1. The first-order chi connectivity index (χ1) is 22.4. The highest BCUT2D eigenvalue weighted by Gasteiger charge is 2.38. The van der Waals surface area contributed by atoms with Gasteiger partial charge in [-0.2, -0.15) is 13.2 Å². The van der Waals surface area contributed by atoms with Crippen LogP contribution < -0.4 is 10.1 Å². The van der Waals surface area contributed by atoms with E-state index in [1.54, 1.807) is 7.11 Å². The summed E-state index contributed by atoms with van der Waals surface area (Å²) < 4.78 is 37.1. The van der Waals surface area contributed by atoms with E-state index in [1.165, 1.54) is 19.4 Å². The predicted molar refractivity (Wildman–Crippen MR) is 179 cm³/mol. The van der Waals surface area contributed by atoms with E-state index in [0.29, 0.717) is 27.5 Å². The van der Waals surface area contributed by atoms with Crippen LogP contribution in [0.5, 0.6) is 5.75 Å². The highest BCUT2D eigenvalue weighted by atomic mass is 35.5. The number of hydrogen-bond donors (Lipinski definition) is 3. The summed E-state index contributed by atoms with van der Waals surface area (Å²) in [6.07, 6.45) is 0.375. The van der Waals surface area contributed by atoms with Gasteiger partial charge in [-0.25, -0.2) is 14.8 Å². The number of aromatic amines is 1. The molecule has 8 nitrogen and oxygen atoms in total. The van der Waals surface area contributed by atoms with Crippen LogP contribution in [0, 0.1) is 0 Å². The lowest BCUT2D eigenvalue weighted by atomic mass is 10.0. The lowest BCUT2D eigenvalue weighted by Gasteiger charge is -2.19. The zero-order chi connectivity index (χ0) is 33.7. The van der Waals surface area contributed by atoms with Crippen molar-refractivity contribution in [2.45, 2.75) is 31.5 Å². The van der Waals surface area contributed by atoms with Crippen LogP contribution in [0.15, 0.2) is 72.9 Å². The number of benzene rings is 3. The summed E-state index contributed by atoms with van der Waals surface area (Å²) in [6.45, 7) is 2.05. The van der Waals surface area contributed by atoms with Crippen LogP contribution in [0.3, 0.4) is 0 Å². The minimum Gasteiger partial charge on any atom is -0.497 e. The number of carbonyl (C=O) groups is 1. The van der Waals surface area contributed by atoms with Crippen molar-refractivity contribution >= 4 is 45.8 Å². The average molecular weight is 687 g/mol. The van der Waals surface area contributed by atoms with Crippen molar-refractivity contribution in [3.8, 4) is 39.7 Å². The van der Waals surface area contributed by atoms with Crippen LogP contribution in [0.4, 0.5) is 19.0 Å². The van der Waals surface area contributed by atoms with Gasteiger partial charge in [0.1, 0.15) is 17.4 Å². The van der Waals surface area contributed by atoms with Gasteiger partial charge in [-0.3, -0.25) is 0 Å². The number of ether oxygens (including phenoxy) is 1. The number of aliphatic carboxylic acids is 1. The first-order valence-corrected chi connectivity index (χ1v) is 15.5. The number of halogens is 5. The number of rotatable bonds is 8. The monoisotopic (exact) mass is 685 g/mol. The second-order valence-corrected chi connectivity index (χ2v) is 11.9. The number of carboxylic acid groups (broad SMARTS) is 1. The Kier molecular flexibility index (Phi) is 10.6. The molecule has 3 N–H and O–H groups in total. The molecule has 6 rings (SSSR count). The van der Waals surface area contributed by atoms with Crippen molar-refractivity contribution in [1.29, 1.82) is 0 Å². The van der Waals surface area contributed by atoms with Gasteiger partial charge < -0.3 is 25.0 Å². The summed E-state index contributed by atoms with van der Waals surface area (Å²) in [7, 11) is 3.89. The summed E-state index contributed by atoms with van der Waals surface area (Å²) in [6, 6.07) is 22.6. The lowest BCUT2D eigenvalue weighted by molar-refractivity contribution is -0.192. The van der Waals surface area contributed by atoms with E-state index in [1.807, 2.05) is 42.6 Å². The van der Waals surface area contributed by atoms with Crippen molar-refractivity contribution in [2.24, 2.45) is 0 Å². The van der Waals surface area contributed by atoms with Crippen LogP contribution in [0.2, 0.25) is 10.0 Å². The summed E-state index contributed by atoms with van der Waals surface area (Å²) >= 11 is 13.2. The van der Waals surface area contributed by atoms with Gasteiger partial charge in [-0.05, 0) is 86.1 Å². The fraction of sp³-hybridized carbons (Fsp3) is 0.265. The molecule has 246 valence electrons. The minimum atomic E-state index is -5.08. The number of alkyl halides is 3. The topological polar surface area (TPSA) is 103 Å². The van der Waals surface area contributed by atoms with Gasteiger partial charge in [0.2, 0.25) is 0 Å². The molecule has 3 aromatic carbocycles. The molecule has 13 heteroatoms. The Balaban J connectivity index is 0.000000559. The number of nitrogens with zero attached hydrogens (tertiary/aromatic N) is 3. The number of pyridine rings is 1. The number of carboxylic acids is 1. The zero-order valence-electron chi connectivity index (χ0n) is 25.5. The van der Waals surface area contributed by atoms with E-state index in [9.17, 15) is 13.2 Å². The van der Waals surface area contributed by atoms with E-state index in [2.05, 4.69) is 57.6 Å². The van der Waals surface area contributed by atoms with E-state index in [0.717, 1.165) is 57.8 Å². The third kappa shape index (κ3) is 8.16. The standard InChI is InChI=1S/C32H31Cl2N5O.C2HF3O2/c1-39-16-4-5-24(39)13-15-36-28-19-23(12-14-35-28)31-30(37-32(38-31)29-26(33)6-3-7-27(29)34)22-9-8-21-18-25(40-2)11-10-20(21)17-22;3-2(4,5)1(6)7/h3,6-12,14,17-19,24H,4-5,13,15-16H2,1-2H3,(H,35,36)(H,37,38);(H,6,7). The maximum Gasteiger partial charge on any atom is 0.490 e. The van der Waals surface area contributed by atoms with E-state index >= 15 is 0 Å². The molecule has 1 unspecified atom stereocenters. The van der Waals surface area contributed by atoms with Gasteiger partial charge in [0.05, 0.1) is 34.1 Å². The van der Waals surface area contributed by atoms with Crippen LogP contribution in [-0.2, 0) is 4.79 Å². The molecule has 1 atom stereocenters. The summed E-state index contributed by atoms with van der Waals surface area (Å²) in [5.41, 5.74) is 4.32. The summed E-state index contributed by atoms with van der Waals surface area (Å²) in [5.74, 6) is -0.479. The first kappa shape index (κ1) is 34.0. The number of imidazole rings is 1.